The van der Waals surface area contributed by atoms with Crippen molar-refractivity contribution in [1.29, 1.82) is 0 Å². The van der Waals surface area contributed by atoms with Gasteiger partial charge < -0.3 is 15.5 Å². The molecule has 1 aliphatic rings. The lowest BCUT2D eigenvalue weighted by molar-refractivity contribution is 0.0420. The van der Waals surface area contributed by atoms with E-state index in [0.29, 0.717) is 11.7 Å². The molecule has 1 atom stereocenters. The number of rotatable bonds is 4. The van der Waals surface area contributed by atoms with Crippen molar-refractivity contribution in [2.75, 3.05) is 6.54 Å². The molecule has 16 heavy (non-hydrogen) atoms. The Morgan fingerprint density at radius 2 is 2.06 bits per heavy atom. The molecule has 3 nitrogen and oxygen atoms in total. The van der Waals surface area contributed by atoms with Crippen LogP contribution in [0.1, 0.15) is 31.4 Å². The van der Waals surface area contributed by atoms with E-state index in [2.05, 4.69) is 5.32 Å². The number of hydrogen-bond donors (Lipinski definition) is 3. The van der Waals surface area contributed by atoms with Crippen molar-refractivity contribution >= 4 is 0 Å². The molecule has 1 unspecified atom stereocenters. The zero-order chi connectivity index (χ0) is 11.5. The van der Waals surface area contributed by atoms with Gasteiger partial charge in [0.15, 0.2) is 0 Å². The summed E-state index contributed by atoms with van der Waals surface area (Å²) in [4.78, 5) is 0. The molecule has 1 aromatic carbocycles. The van der Waals surface area contributed by atoms with Gasteiger partial charge in [-0.1, -0.05) is 18.2 Å². The average Bonchev–Trinajstić information content (AvgIpc) is 2.23. The quantitative estimate of drug-likeness (QED) is 0.727. The molecule has 3 heteroatoms. The van der Waals surface area contributed by atoms with E-state index in [4.69, 9.17) is 0 Å². The number of phenols is 1. The van der Waals surface area contributed by atoms with Crippen LogP contribution < -0.4 is 5.32 Å². The van der Waals surface area contributed by atoms with Crippen molar-refractivity contribution in [3.63, 3.8) is 0 Å². The highest BCUT2D eigenvalue weighted by atomic mass is 16.3. The van der Waals surface area contributed by atoms with Gasteiger partial charge in [0, 0.05) is 11.6 Å². The van der Waals surface area contributed by atoms with E-state index in [-0.39, 0.29) is 12.1 Å². The summed E-state index contributed by atoms with van der Waals surface area (Å²) in [6.45, 7) is 2.96. The van der Waals surface area contributed by atoms with Crippen LogP contribution in [0.3, 0.4) is 0 Å². The monoisotopic (exact) mass is 221 g/mol. The van der Waals surface area contributed by atoms with Gasteiger partial charge >= 0.3 is 0 Å². The van der Waals surface area contributed by atoms with Crippen molar-refractivity contribution in [1.82, 2.24) is 5.32 Å². The number of para-hydroxylation sites is 1. The first-order chi connectivity index (χ1) is 7.66. The molecule has 1 fully saturated rings. The average molecular weight is 221 g/mol. The summed E-state index contributed by atoms with van der Waals surface area (Å²) < 4.78 is 0. The molecular formula is C13H19NO2. The second-order valence-corrected chi connectivity index (χ2v) is 4.68. The summed E-state index contributed by atoms with van der Waals surface area (Å²) in [6, 6.07) is 7.55. The molecule has 0 saturated heterocycles. The van der Waals surface area contributed by atoms with Crippen LogP contribution in [0.2, 0.25) is 0 Å². The Labute approximate surface area is 96.1 Å². The van der Waals surface area contributed by atoms with Gasteiger partial charge in [-0.2, -0.15) is 0 Å². The molecule has 1 aromatic rings. The fourth-order valence-electron chi connectivity index (χ4n) is 2.17. The number of aromatic hydroxyl groups is 1. The largest absolute Gasteiger partial charge is 0.508 e. The molecule has 0 aliphatic heterocycles. The van der Waals surface area contributed by atoms with Crippen molar-refractivity contribution in [2.24, 2.45) is 5.92 Å². The Balaban J connectivity index is 1.84. The van der Waals surface area contributed by atoms with Crippen LogP contribution in [0.4, 0.5) is 0 Å². The third-order valence-electron chi connectivity index (χ3n) is 3.33. The lowest BCUT2D eigenvalue weighted by Crippen LogP contribution is -2.36. The predicted molar refractivity (Wildman–Crippen MR) is 63.3 cm³/mol. The molecule has 88 valence electrons. The first-order valence-corrected chi connectivity index (χ1v) is 5.86. The van der Waals surface area contributed by atoms with Crippen molar-refractivity contribution in [3.8, 4) is 5.75 Å². The van der Waals surface area contributed by atoms with E-state index in [1.165, 1.54) is 0 Å². The van der Waals surface area contributed by atoms with Gasteiger partial charge in [0.05, 0.1) is 6.10 Å². The summed E-state index contributed by atoms with van der Waals surface area (Å²) in [5.74, 6) is 0.930. The molecular weight excluding hydrogens is 202 g/mol. The molecule has 0 spiro atoms. The highest BCUT2D eigenvalue weighted by Gasteiger charge is 2.27. The number of phenolic OH excluding ortho intramolecular Hbond substituents is 1. The van der Waals surface area contributed by atoms with Crippen LogP contribution in [0.25, 0.3) is 0 Å². The fourth-order valence-corrected chi connectivity index (χ4v) is 2.17. The van der Waals surface area contributed by atoms with E-state index in [1.54, 1.807) is 6.07 Å². The van der Waals surface area contributed by atoms with Crippen molar-refractivity contribution < 1.29 is 10.2 Å². The minimum absolute atomic E-state index is 0.0905. The third-order valence-corrected chi connectivity index (χ3v) is 3.33. The Morgan fingerprint density at radius 3 is 2.69 bits per heavy atom. The van der Waals surface area contributed by atoms with Gasteiger partial charge in [-0.25, -0.2) is 0 Å². The molecule has 3 N–H and O–H groups in total. The van der Waals surface area contributed by atoms with Gasteiger partial charge in [-0.15, -0.1) is 0 Å². The molecule has 2 rings (SSSR count). The Hall–Kier alpha value is -1.06. The summed E-state index contributed by atoms with van der Waals surface area (Å²) in [5, 5.41) is 22.2. The smallest absolute Gasteiger partial charge is 0.120 e. The highest BCUT2D eigenvalue weighted by molar-refractivity contribution is 5.34. The van der Waals surface area contributed by atoms with E-state index in [1.807, 2.05) is 25.1 Å². The number of aliphatic hydroxyl groups excluding tert-OH is 1. The third kappa shape index (κ3) is 2.54. The lowest BCUT2D eigenvalue weighted by atomic mass is 9.82. The number of aliphatic hydroxyl groups is 1. The number of benzene rings is 1. The number of hydrogen-bond acceptors (Lipinski definition) is 3. The van der Waals surface area contributed by atoms with Gasteiger partial charge in [-0.05, 0) is 38.3 Å². The minimum atomic E-state index is -0.0905. The van der Waals surface area contributed by atoms with Gasteiger partial charge in [0.1, 0.15) is 5.75 Å². The van der Waals surface area contributed by atoms with Crippen LogP contribution in [0.15, 0.2) is 24.3 Å². The van der Waals surface area contributed by atoms with Crippen molar-refractivity contribution in [2.45, 2.75) is 31.9 Å². The summed E-state index contributed by atoms with van der Waals surface area (Å²) in [5.41, 5.74) is 0.933. The topological polar surface area (TPSA) is 52.5 Å². The van der Waals surface area contributed by atoms with E-state index in [0.717, 1.165) is 24.9 Å². The fraction of sp³-hybridized carbons (Fsp3) is 0.538. The van der Waals surface area contributed by atoms with Gasteiger partial charge in [0.25, 0.3) is 0 Å². The first kappa shape index (κ1) is 11.4. The zero-order valence-electron chi connectivity index (χ0n) is 9.56. The summed E-state index contributed by atoms with van der Waals surface area (Å²) in [7, 11) is 0. The maximum Gasteiger partial charge on any atom is 0.120 e. The van der Waals surface area contributed by atoms with Gasteiger partial charge in [-0.3, -0.25) is 0 Å². The molecule has 0 bridgehead atoms. The maximum absolute atomic E-state index is 9.68. The molecule has 1 saturated carbocycles. The van der Waals surface area contributed by atoms with Gasteiger partial charge in [0.2, 0.25) is 0 Å². The normalized spacial score (nSPS) is 26.1. The van der Waals surface area contributed by atoms with E-state index < -0.39 is 0 Å². The Kier molecular flexibility index (Phi) is 3.46. The van der Waals surface area contributed by atoms with Crippen LogP contribution in [-0.2, 0) is 0 Å². The molecule has 0 amide bonds. The second kappa shape index (κ2) is 4.85. The van der Waals surface area contributed by atoms with E-state index >= 15 is 0 Å². The SMILES string of the molecule is CC(NCC1CC(O)C1)c1ccccc1O. The maximum atomic E-state index is 9.68. The number of nitrogens with one attached hydrogen (secondary N) is 1. The zero-order valence-corrected chi connectivity index (χ0v) is 9.56. The molecule has 1 aliphatic carbocycles. The van der Waals surface area contributed by atoms with Crippen LogP contribution in [0, 0.1) is 5.92 Å². The highest BCUT2D eigenvalue weighted by Crippen LogP contribution is 2.28. The molecule has 0 heterocycles. The Morgan fingerprint density at radius 1 is 1.38 bits per heavy atom. The second-order valence-electron chi connectivity index (χ2n) is 4.68. The molecule has 0 radical (unpaired) electrons. The standard InChI is InChI=1S/C13H19NO2/c1-9(12-4-2-3-5-13(12)16)14-8-10-6-11(15)7-10/h2-5,9-11,14-16H,6-8H2,1H3. The van der Waals surface area contributed by atoms with E-state index in [9.17, 15) is 10.2 Å². The first-order valence-electron chi connectivity index (χ1n) is 5.86. The van der Waals surface area contributed by atoms with Crippen LogP contribution in [0.5, 0.6) is 5.75 Å². The Bertz CT molecular complexity index is 348. The lowest BCUT2D eigenvalue weighted by Gasteiger charge is -2.32. The van der Waals surface area contributed by atoms with Crippen LogP contribution >= 0.6 is 0 Å². The molecule has 0 aromatic heterocycles. The van der Waals surface area contributed by atoms with Crippen LogP contribution in [-0.4, -0.2) is 22.9 Å². The minimum Gasteiger partial charge on any atom is -0.508 e. The summed E-state index contributed by atoms with van der Waals surface area (Å²) >= 11 is 0. The van der Waals surface area contributed by atoms with Crippen molar-refractivity contribution in [3.05, 3.63) is 29.8 Å². The predicted octanol–water partition coefficient (Wildman–Crippen LogP) is 1.81. The summed E-state index contributed by atoms with van der Waals surface area (Å²) in [6.07, 6.45) is 1.72.